The SMILES string of the molecule is CCCN(CCNC(=O)c1cccs1)C(C)=O. The van der Waals surface area contributed by atoms with Crippen LogP contribution in [-0.2, 0) is 4.79 Å². The van der Waals surface area contributed by atoms with Crippen LogP contribution in [-0.4, -0.2) is 36.3 Å². The summed E-state index contributed by atoms with van der Waals surface area (Å²) in [6, 6.07) is 3.63. The van der Waals surface area contributed by atoms with Crippen LogP contribution in [0.25, 0.3) is 0 Å². The lowest BCUT2D eigenvalue weighted by Crippen LogP contribution is -2.37. The summed E-state index contributed by atoms with van der Waals surface area (Å²) in [5.41, 5.74) is 0. The van der Waals surface area contributed by atoms with E-state index in [1.807, 2.05) is 18.4 Å². The summed E-state index contributed by atoms with van der Waals surface area (Å²) in [4.78, 5) is 25.3. The molecule has 5 heteroatoms. The molecule has 0 unspecified atom stereocenters. The number of rotatable bonds is 6. The minimum absolute atomic E-state index is 0.0530. The second-order valence-corrected chi connectivity index (χ2v) is 4.69. The van der Waals surface area contributed by atoms with Crippen LogP contribution in [0.4, 0.5) is 0 Å². The molecule has 0 bridgehead atoms. The zero-order valence-electron chi connectivity index (χ0n) is 10.2. The molecule has 2 amide bonds. The van der Waals surface area contributed by atoms with Gasteiger partial charge in [-0.15, -0.1) is 11.3 Å². The van der Waals surface area contributed by atoms with Crippen LogP contribution >= 0.6 is 11.3 Å². The quantitative estimate of drug-likeness (QED) is 0.840. The van der Waals surface area contributed by atoms with Gasteiger partial charge in [0.25, 0.3) is 5.91 Å². The van der Waals surface area contributed by atoms with E-state index in [0.29, 0.717) is 18.0 Å². The molecule has 1 heterocycles. The smallest absolute Gasteiger partial charge is 0.261 e. The molecule has 0 aliphatic heterocycles. The Kier molecular flexibility index (Phi) is 5.69. The highest BCUT2D eigenvalue weighted by Crippen LogP contribution is 2.07. The Bertz CT molecular complexity index is 363. The van der Waals surface area contributed by atoms with Gasteiger partial charge in [-0.3, -0.25) is 9.59 Å². The molecule has 0 radical (unpaired) electrons. The molecule has 17 heavy (non-hydrogen) atoms. The number of carbonyl (C=O) groups excluding carboxylic acids is 2. The molecule has 1 N–H and O–H groups in total. The maximum Gasteiger partial charge on any atom is 0.261 e. The molecule has 4 nitrogen and oxygen atoms in total. The Balaban J connectivity index is 2.31. The molecule has 0 aliphatic rings. The van der Waals surface area contributed by atoms with Crippen LogP contribution in [0, 0.1) is 0 Å². The molecule has 1 aromatic rings. The van der Waals surface area contributed by atoms with Crippen LogP contribution in [0.2, 0.25) is 0 Å². The molecule has 1 aromatic heterocycles. The van der Waals surface area contributed by atoms with Crippen molar-refractivity contribution in [3.05, 3.63) is 22.4 Å². The van der Waals surface area contributed by atoms with E-state index >= 15 is 0 Å². The Hall–Kier alpha value is -1.36. The van der Waals surface area contributed by atoms with Crippen molar-refractivity contribution in [2.45, 2.75) is 20.3 Å². The van der Waals surface area contributed by atoms with Crippen molar-refractivity contribution in [1.29, 1.82) is 0 Å². The predicted molar refractivity (Wildman–Crippen MR) is 69.2 cm³/mol. The Labute approximate surface area is 106 Å². The van der Waals surface area contributed by atoms with Crippen LogP contribution in [0.15, 0.2) is 17.5 Å². The zero-order valence-corrected chi connectivity index (χ0v) is 11.0. The number of nitrogens with one attached hydrogen (secondary N) is 1. The van der Waals surface area contributed by atoms with E-state index < -0.39 is 0 Å². The summed E-state index contributed by atoms with van der Waals surface area (Å²) in [5, 5.41) is 4.68. The standard InChI is InChI=1S/C12H18N2O2S/c1-3-7-14(10(2)15)8-6-13-12(16)11-5-4-9-17-11/h4-5,9H,3,6-8H2,1-2H3,(H,13,16). The van der Waals surface area contributed by atoms with Crippen molar-refractivity contribution in [1.82, 2.24) is 10.2 Å². The first kappa shape index (κ1) is 13.7. The Morgan fingerprint density at radius 2 is 2.18 bits per heavy atom. The van der Waals surface area contributed by atoms with Gasteiger partial charge in [-0.2, -0.15) is 0 Å². The van der Waals surface area contributed by atoms with Crippen molar-refractivity contribution >= 4 is 23.2 Å². The first-order valence-electron chi connectivity index (χ1n) is 5.72. The average molecular weight is 254 g/mol. The maximum absolute atomic E-state index is 11.6. The lowest BCUT2D eigenvalue weighted by atomic mass is 10.4. The van der Waals surface area contributed by atoms with E-state index in [9.17, 15) is 9.59 Å². The second-order valence-electron chi connectivity index (χ2n) is 3.74. The summed E-state index contributed by atoms with van der Waals surface area (Å²) in [6.07, 6.45) is 0.929. The monoisotopic (exact) mass is 254 g/mol. The van der Waals surface area contributed by atoms with Gasteiger partial charge in [0.2, 0.25) is 5.91 Å². The van der Waals surface area contributed by atoms with Crippen molar-refractivity contribution in [2.75, 3.05) is 19.6 Å². The van der Waals surface area contributed by atoms with Gasteiger partial charge in [-0.1, -0.05) is 13.0 Å². The highest BCUT2D eigenvalue weighted by Gasteiger charge is 2.09. The third-order valence-corrected chi connectivity index (χ3v) is 3.22. The third-order valence-electron chi connectivity index (χ3n) is 2.35. The maximum atomic E-state index is 11.6. The molecule has 0 saturated heterocycles. The van der Waals surface area contributed by atoms with Gasteiger partial charge in [-0.05, 0) is 17.9 Å². The summed E-state index contributed by atoms with van der Waals surface area (Å²) in [6.45, 7) is 5.39. The van der Waals surface area contributed by atoms with E-state index in [4.69, 9.17) is 0 Å². The lowest BCUT2D eigenvalue weighted by molar-refractivity contribution is -0.128. The van der Waals surface area contributed by atoms with E-state index in [2.05, 4.69) is 5.32 Å². The van der Waals surface area contributed by atoms with Crippen LogP contribution in [0.3, 0.4) is 0 Å². The second kappa shape index (κ2) is 7.06. The van der Waals surface area contributed by atoms with Gasteiger partial charge >= 0.3 is 0 Å². The molecule has 0 aliphatic carbocycles. The highest BCUT2D eigenvalue weighted by atomic mass is 32.1. The molecular formula is C12H18N2O2S. The van der Waals surface area contributed by atoms with Crippen LogP contribution in [0.1, 0.15) is 29.9 Å². The van der Waals surface area contributed by atoms with Crippen LogP contribution in [0.5, 0.6) is 0 Å². The summed E-state index contributed by atoms with van der Waals surface area (Å²) in [7, 11) is 0. The topological polar surface area (TPSA) is 49.4 Å². The number of hydrogen-bond donors (Lipinski definition) is 1. The van der Waals surface area contributed by atoms with Gasteiger partial charge in [0.1, 0.15) is 0 Å². The molecule has 94 valence electrons. The number of nitrogens with zero attached hydrogens (tertiary/aromatic N) is 1. The summed E-state index contributed by atoms with van der Waals surface area (Å²) in [5.74, 6) is -0.0165. The van der Waals surface area contributed by atoms with Crippen molar-refractivity contribution in [3.8, 4) is 0 Å². The zero-order chi connectivity index (χ0) is 12.7. The molecular weight excluding hydrogens is 236 g/mol. The van der Waals surface area contributed by atoms with E-state index in [0.717, 1.165) is 13.0 Å². The first-order valence-corrected chi connectivity index (χ1v) is 6.60. The minimum atomic E-state index is -0.0694. The molecule has 0 spiro atoms. The van der Waals surface area contributed by atoms with Gasteiger partial charge in [0, 0.05) is 26.6 Å². The molecule has 1 rings (SSSR count). The third kappa shape index (κ3) is 4.56. The summed E-state index contributed by atoms with van der Waals surface area (Å²) >= 11 is 1.41. The average Bonchev–Trinajstić information content (AvgIpc) is 2.81. The Morgan fingerprint density at radius 1 is 1.41 bits per heavy atom. The lowest BCUT2D eigenvalue weighted by Gasteiger charge is -2.20. The largest absolute Gasteiger partial charge is 0.350 e. The molecule has 0 fully saturated rings. The fourth-order valence-corrected chi connectivity index (χ4v) is 2.14. The molecule has 0 aromatic carbocycles. The van der Waals surface area contributed by atoms with Crippen molar-refractivity contribution in [3.63, 3.8) is 0 Å². The first-order chi connectivity index (χ1) is 8.15. The van der Waals surface area contributed by atoms with Crippen LogP contribution < -0.4 is 5.32 Å². The number of thiophene rings is 1. The van der Waals surface area contributed by atoms with Gasteiger partial charge < -0.3 is 10.2 Å². The fraction of sp³-hybridized carbons (Fsp3) is 0.500. The minimum Gasteiger partial charge on any atom is -0.350 e. The van der Waals surface area contributed by atoms with E-state index in [1.165, 1.54) is 11.3 Å². The number of hydrogen-bond acceptors (Lipinski definition) is 3. The van der Waals surface area contributed by atoms with Gasteiger partial charge in [-0.25, -0.2) is 0 Å². The van der Waals surface area contributed by atoms with Gasteiger partial charge in [0.15, 0.2) is 0 Å². The summed E-state index contributed by atoms with van der Waals surface area (Å²) < 4.78 is 0. The van der Waals surface area contributed by atoms with Crippen molar-refractivity contribution < 1.29 is 9.59 Å². The van der Waals surface area contributed by atoms with Gasteiger partial charge in [0.05, 0.1) is 4.88 Å². The van der Waals surface area contributed by atoms with E-state index in [-0.39, 0.29) is 11.8 Å². The number of amides is 2. The van der Waals surface area contributed by atoms with Crippen molar-refractivity contribution in [2.24, 2.45) is 0 Å². The normalized spacial score (nSPS) is 10.0. The van der Waals surface area contributed by atoms with E-state index in [1.54, 1.807) is 17.9 Å². The Morgan fingerprint density at radius 3 is 2.71 bits per heavy atom. The predicted octanol–water partition coefficient (Wildman–Crippen LogP) is 1.74. The number of carbonyl (C=O) groups is 2. The molecule has 0 saturated carbocycles. The fourth-order valence-electron chi connectivity index (χ4n) is 1.50. The molecule has 0 atom stereocenters. The highest BCUT2D eigenvalue weighted by molar-refractivity contribution is 7.12.